The molecule has 0 amide bonds. The van der Waals surface area contributed by atoms with E-state index in [9.17, 15) is 0 Å². The van der Waals surface area contributed by atoms with E-state index in [2.05, 4.69) is 42.6 Å². The summed E-state index contributed by atoms with van der Waals surface area (Å²) in [5, 5.41) is 10.4. The Morgan fingerprint density at radius 1 is 1.20 bits per heavy atom. The normalized spacial score (nSPS) is 21.9. The van der Waals surface area contributed by atoms with Crippen LogP contribution in [0.1, 0.15) is 26.2 Å². The Morgan fingerprint density at radius 2 is 2.05 bits per heavy atom. The molecule has 0 aliphatic heterocycles. The summed E-state index contributed by atoms with van der Waals surface area (Å²) in [7, 11) is 1.78. The molecule has 2 unspecified atom stereocenters. The molecule has 1 aliphatic rings. The van der Waals surface area contributed by atoms with Gasteiger partial charge in [0.15, 0.2) is 0 Å². The predicted octanol–water partition coefficient (Wildman–Crippen LogP) is 1.09. The van der Waals surface area contributed by atoms with Crippen molar-refractivity contribution in [1.82, 2.24) is 29.7 Å². The van der Waals surface area contributed by atoms with Crippen LogP contribution in [-0.2, 0) is 0 Å². The van der Waals surface area contributed by atoms with Gasteiger partial charge < -0.3 is 10.6 Å². The van der Waals surface area contributed by atoms with Crippen molar-refractivity contribution < 1.29 is 0 Å². The largest absolute Gasteiger partial charge is 0.357 e. The third-order valence-corrected chi connectivity index (χ3v) is 3.50. The predicted molar refractivity (Wildman–Crippen MR) is 74.7 cm³/mol. The van der Waals surface area contributed by atoms with E-state index in [0.29, 0.717) is 23.9 Å². The highest BCUT2D eigenvalue weighted by Gasteiger charge is 2.22. The van der Waals surface area contributed by atoms with E-state index in [-0.39, 0.29) is 0 Å². The minimum absolute atomic E-state index is 0.431. The second kappa shape index (κ2) is 5.40. The highest BCUT2D eigenvalue weighted by atomic mass is 15.4. The van der Waals surface area contributed by atoms with Crippen molar-refractivity contribution in [2.45, 2.75) is 32.2 Å². The lowest BCUT2D eigenvalue weighted by Crippen LogP contribution is -2.19. The van der Waals surface area contributed by atoms with E-state index in [4.69, 9.17) is 0 Å². The molecule has 2 atom stereocenters. The van der Waals surface area contributed by atoms with Gasteiger partial charge in [0.25, 0.3) is 5.95 Å². The molecule has 1 saturated carbocycles. The van der Waals surface area contributed by atoms with Crippen LogP contribution in [0.15, 0.2) is 12.7 Å². The summed E-state index contributed by atoms with van der Waals surface area (Å²) in [6.07, 6.45) is 6.57. The average Bonchev–Trinajstić information content (AvgIpc) is 3.10. The molecule has 8 nitrogen and oxygen atoms in total. The Kier molecular flexibility index (Phi) is 3.44. The standard InChI is InChI=1S/C12H18N8/c1-8-3-4-9(5-8)16-11-17-10(13-2)18-12(19-11)20-7-14-6-15-20/h6-9H,3-5H2,1-2H3,(H2,13,16,17,18,19). The molecule has 2 aromatic rings. The second-order valence-electron chi connectivity index (χ2n) is 5.13. The smallest absolute Gasteiger partial charge is 0.258 e. The molecular weight excluding hydrogens is 256 g/mol. The van der Waals surface area contributed by atoms with Crippen LogP contribution in [0.5, 0.6) is 0 Å². The quantitative estimate of drug-likeness (QED) is 0.862. The summed E-state index contributed by atoms with van der Waals surface area (Å²) in [5.74, 6) is 2.30. The van der Waals surface area contributed by atoms with Crippen molar-refractivity contribution in [3.8, 4) is 5.95 Å². The Balaban J connectivity index is 1.85. The molecule has 0 bridgehead atoms. The van der Waals surface area contributed by atoms with Crippen molar-refractivity contribution >= 4 is 11.9 Å². The Morgan fingerprint density at radius 3 is 2.70 bits per heavy atom. The van der Waals surface area contributed by atoms with Gasteiger partial charge in [-0.3, -0.25) is 0 Å². The first kappa shape index (κ1) is 12.8. The first-order valence-corrected chi connectivity index (χ1v) is 6.80. The Labute approximate surface area is 117 Å². The number of hydrogen-bond acceptors (Lipinski definition) is 7. The Bertz CT molecular complexity index is 567. The summed E-state index contributed by atoms with van der Waals surface area (Å²) >= 11 is 0. The van der Waals surface area contributed by atoms with Crippen LogP contribution in [0.25, 0.3) is 5.95 Å². The highest BCUT2D eigenvalue weighted by Crippen LogP contribution is 2.26. The monoisotopic (exact) mass is 274 g/mol. The van der Waals surface area contributed by atoms with E-state index in [1.807, 2.05) is 0 Å². The summed E-state index contributed by atoms with van der Waals surface area (Å²) in [5.41, 5.74) is 0. The van der Waals surface area contributed by atoms with E-state index >= 15 is 0 Å². The first-order valence-electron chi connectivity index (χ1n) is 6.80. The van der Waals surface area contributed by atoms with Crippen LogP contribution < -0.4 is 10.6 Å². The Hall–Kier alpha value is -2.25. The molecule has 1 aliphatic carbocycles. The maximum Gasteiger partial charge on any atom is 0.258 e. The molecule has 1 fully saturated rings. The van der Waals surface area contributed by atoms with Crippen LogP contribution in [0.2, 0.25) is 0 Å². The lowest BCUT2D eigenvalue weighted by molar-refractivity contribution is 0.601. The van der Waals surface area contributed by atoms with Crippen LogP contribution in [0.4, 0.5) is 11.9 Å². The fraction of sp³-hybridized carbons (Fsp3) is 0.583. The molecule has 0 spiro atoms. The number of nitrogens with one attached hydrogen (secondary N) is 2. The minimum Gasteiger partial charge on any atom is -0.357 e. The summed E-state index contributed by atoms with van der Waals surface area (Å²) in [4.78, 5) is 16.9. The third kappa shape index (κ3) is 2.68. The van der Waals surface area contributed by atoms with Crippen molar-refractivity contribution in [3.63, 3.8) is 0 Å². The lowest BCUT2D eigenvalue weighted by atomic mass is 10.1. The van der Waals surface area contributed by atoms with Crippen LogP contribution in [-0.4, -0.2) is 42.8 Å². The fourth-order valence-electron chi connectivity index (χ4n) is 2.48. The lowest BCUT2D eigenvalue weighted by Gasteiger charge is -2.13. The van der Waals surface area contributed by atoms with Gasteiger partial charge in [0, 0.05) is 13.1 Å². The molecule has 2 N–H and O–H groups in total. The van der Waals surface area contributed by atoms with Gasteiger partial charge in [-0.2, -0.15) is 24.7 Å². The maximum absolute atomic E-state index is 4.40. The van der Waals surface area contributed by atoms with Gasteiger partial charge in [-0.1, -0.05) is 6.92 Å². The van der Waals surface area contributed by atoms with Crippen molar-refractivity contribution in [1.29, 1.82) is 0 Å². The zero-order valence-corrected chi connectivity index (χ0v) is 11.6. The number of rotatable bonds is 4. The molecule has 0 radical (unpaired) electrons. The number of aromatic nitrogens is 6. The second-order valence-corrected chi connectivity index (χ2v) is 5.13. The molecule has 3 rings (SSSR count). The molecule has 0 saturated heterocycles. The van der Waals surface area contributed by atoms with Crippen LogP contribution >= 0.6 is 0 Å². The number of nitrogens with zero attached hydrogens (tertiary/aromatic N) is 6. The first-order chi connectivity index (χ1) is 9.74. The van der Waals surface area contributed by atoms with Gasteiger partial charge in [-0.05, 0) is 25.2 Å². The zero-order valence-electron chi connectivity index (χ0n) is 11.6. The molecule has 8 heteroatoms. The fourth-order valence-corrected chi connectivity index (χ4v) is 2.48. The maximum atomic E-state index is 4.40. The summed E-state index contributed by atoms with van der Waals surface area (Å²) in [6.45, 7) is 2.27. The van der Waals surface area contributed by atoms with Crippen molar-refractivity contribution in [2.75, 3.05) is 17.7 Å². The van der Waals surface area contributed by atoms with Crippen molar-refractivity contribution in [3.05, 3.63) is 12.7 Å². The molecule has 2 aromatic heterocycles. The zero-order chi connectivity index (χ0) is 13.9. The third-order valence-electron chi connectivity index (χ3n) is 3.50. The van der Waals surface area contributed by atoms with Gasteiger partial charge in [-0.15, -0.1) is 0 Å². The number of hydrogen-bond donors (Lipinski definition) is 2. The summed E-state index contributed by atoms with van der Waals surface area (Å²) in [6, 6.07) is 0.431. The summed E-state index contributed by atoms with van der Waals surface area (Å²) < 4.78 is 1.52. The van der Waals surface area contributed by atoms with Crippen molar-refractivity contribution in [2.24, 2.45) is 5.92 Å². The van der Waals surface area contributed by atoms with Gasteiger partial charge in [0.2, 0.25) is 11.9 Å². The molecule has 106 valence electrons. The topological polar surface area (TPSA) is 93.4 Å². The average molecular weight is 274 g/mol. The van der Waals surface area contributed by atoms with Gasteiger partial charge in [0.05, 0.1) is 0 Å². The van der Waals surface area contributed by atoms with Gasteiger partial charge >= 0.3 is 0 Å². The minimum atomic E-state index is 0.431. The molecule has 20 heavy (non-hydrogen) atoms. The molecule has 0 aromatic carbocycles. The highest BCUT2D eigenvalue weighted by molar-refractivity contribution is 5.38. The van der Waals surface area contributed by atoms with Crippen LogP contribution in [0, 0.1) is 5.92 Å². The van der Waals surface area contributed by atoms with Crippen LogP contribution in [0.3, 0.4) is 0 Å². The van der Waals surface area contributed by atoms with E-state index < -0.39 is 0 Å². The van der Waals surface area contributed by atoms with Gasteiger partial charge in [0.1, 0.15) is 12.7 Å². The van der Waals surface area contributed by atoms with E-state index in [1.165, 1.54) is 17.4 Å². The molecule has 2 heterocycles. The number of anilines is 2. The molecular formula is C12H18N8. The van der Waals surface area contributed by atoms with Gasteiger partial charge in [-0.25, -0.2) is 4.98 Å². The SMILES string of the molecule is CNc1nc(NC2CCC(C)C2)nc(-n2cncn2)n1. The van der Waals surface area contributed by atoms with E-state index in [1.54, 1.807) is 13.4 Å². The van der Waals surface area contributed by atoms with E-state index in [0.717, 1.165) is 18.8 Å².